The van der Waals surface area contributed by atoms with E-state index < -0.39 is 5.82 Å². The van der Waals surface area contributed by atoms with Gasteiger partial charge in [-0.1, -0.05) is 6.07 Å². The molecule has 0 bridgehead atoms. The monoisotopic (exact) mass is 229 g/mol. The zero-order valence-electron chi connectivity index (χ0n) is 9.70. The number of aryl methyl sites for hydroxylation is 1. The van der Waals surface area contributed by atoms with Crippen molar-refractivity contribution in [2.75, 3.05) is 0 Å². The lowest BCUT2D eigenvalue weighted by Crippen LogP contribution is -1.95. The second kappa shape index (κ2) is 4.45. The number of Topliss-reactive ketones (excluding diaryl/α,β-unsaturated/α-hetero) is 1. The summed E-state index contributed by atoms with van der Waals surface area (Å²) in [6.45, 7) is 3.28. The largest absolute Gasteiger partial charge is 0.295 e. The molecule has 0 aliphatic rings. The van der Waals surface area contributed by atoms with Crippen LogP contribution in [0.4, 0.5) is 4.39 Å². The molecule has 2 aromatic rings. The molecule has 0 radical (unpaired) electrons. The molecule has 3 heteroatoms. The highest BCUT2D eigenvalue weighted by Crippen LogP contribution is 2.24. The molecule has 2 nitrogen and oxygen atoms in total. The van der Waals surface area contributed by atoms with Crippen LogP contribution in [0, 0.1) is 12.7 Å². The second-order valence-corrected chi connectivity index (χ2v) is 3.92. The van der Waals surface area contributed by atoms with Crippen molar-refractivity contribution < 1.29 is 9.18 Å². The van der Waals surface area contributed by atoms with Gasteiger partial charge < -0.3 is 0 Å². The van der Waals surface area contributed by atoms with E-state index in [0.717, 1.165) is 11.3 Å². The number of aromatic nitrogens is 1. The van der Waals surface area contributed by atoms with E-state index in [1.54, 1.807) is 18.3 Å². The van der Waals surface area contributed by atoms with Crippen LogP contribution >= 0.6 is 0 Å². The van der Waals surface area contributed by atoms with Crippen LogP contribution in [0.1, 0.15) is 23.0 Å². The summed E-state index contributed by atoms with van der Waals surface area (Å²) in [4.78, 5) is 15.4. The van der Waals surface area contributed by atoms with Crippen LogP contribution in [-0.2, 0) is 0 Å². The first-order chi connectivity index (χ1) is 8.08. The Labute approximate surface area is 99.1 Å². The SMILES string of the molecule is CC(=O)c1cc(F)cc(-c2cccnc2C)c1. The van der Waals surface area contributed by atoms with Crippen LogP contribution in [-0.4, -0.2) is 10.8 Å². The summed E-state index contributed by atoms with van der Waals surface area (Å²) >= 11 is 0. The molecule has 0 atom stereocenters. The van der Waals surface area contributed by atoms with Crippen molar-refractivity contribution in [1.82, 2.24) is 4.98 Å². The molecule has 0 saturated heterocycles. The Kier molecular flexibility index (Phi) is 3.00. The molecule has 17 heavy (non-hydrogen) atoms. The average Bonchev–Trinajstić information content (AvgIpc) is 2.28. The van der Waals surface area contributed by atoms with Crippen molar-refractivity contribution in [3.05, 3.63) is 53.6 Å². The number of nitrogens with zero attached hydrogens (tertiary/aromatic N) is 1. The molecule has 1 aromatic carbocycles. The maximum absolute atomic E-state index is 13.4. The highest BCUT2D eigenvalue weighted by molar-refractivity contribution is 5.95. The van der Waals surface area contributed by atoms with Crippen molar-refractivity contribution in [3.8, 4) is 11.1 Å². The third kappa shape index (κ3) is 2.38. The normalized spacial score (nSPS) is 10.3. The quantitative estimate of drug-likeness (QED) is 0.739. The summed E-state index contributed by atoms with van der Waals surface area (Å²) in [5, 5.41) is 0. The van der Waals surface area contributed by atoms with Gasteiger partial charge in [-0.25, -0.2) is 4.39 Å². The number of carbonyl (C=O) groups excluding carboxylic acids is 1. The Bertz CT molecular complexity index is 578. The molecule has 1 heterocycles. The van der Waals surface area contributed by atoms with Gasteiger partial charge >= 0.3 is 0 Å². The van der Waals surface area contributed by atoms with E-state index in [4.69, 9.17) is 0 Å². The van der Waals surface area contributed by atoms with E-state index in [-0.39, 0.29) is 5.78 Å². The van der Waals surface area contributed by atoms with Crippen molar-refractivity contribution in [2.24, 2.45) is 0 Å². The fraction of sp³-hybridized carbons (Fsp3) is 0.143. The summed E-state index contributed by atoms with van der Waals surface area (Å²) < 4.78 is 13.4. The molecular formula is C14H12FNO. The predicted octanol–water partition coefficient (Wildman–Crippen LogP) is 3.40. The minimum atomic E-state index is -0.407. The van der Waals surface area contributed by atoms with E-state index in [0.29, 0.717) is 11.1 Å². The molecule has 0 aliphatic carbocycles. The minimum Gasteiger partial charge on any atom is -0.295 e. The minimum absolute atomic E-state index is 0.146. The molecule has 0 spiro atoms. The Balaban J connectivity index is 2.60. The lowest BCUT2D eigenvalue weighted by molar-refractivity contribution is 0.101. The van der Waals surface area contributed by atoms with Crippen LogP contribution in [0.2, 0.25) is 0 Å². The highest BCUT2D eigenvalue weighted by atomic mass is 19.1. The van der Waals surface area contributed by atoms with Crippen molar-refractivity contribution in [2.45, 2.75) is 13.8 Å². The lowest BCUT2D eigenvalue weighted by atomic mass is 10.0. The second-order valence-electron chi connectivity index (χ2n) is 3.92. The molecule has 2 rings (SSSR count). The number of rotatable bonds is 2. The fourth-order valence-corrected chi connectivity index (χ4v) is 1.74. The van der Waals surface area contributed by atoms with Gasteiger partial charge in [-0.3, -0.25) is 9.78 Å². The number of hydrogen-bond acceptors (Lipinski definition) is 2. The van der Waals surface area contributed by atoms with E-state index in [1.165, 1.54) is 19.1 Å². The Morgan fingerprint density at radius 3 is 2.71 bits per heavy atom. The molecular weight excluding hydrogens is 217 g/mol. The molecule has 0 unspecified atom stereocenters. The van der Waals surface area contributed by atoms with Crippen LogP contribution in [0.5, 0.6) is 0 Å². The molecule has 86 valence electrons. The Hall–Kier alpha value is -2.03. The Morgan fingerprint density at radius 2 is 2.06 bits per heavy atom. The summed E-state index contributed by atoms with van der Waals surface area (Å²) in [5.41, 5.74) is 2.71. The van der Waals surface area contributed by atoms with E-state index in [9.17, 15) is 9.18 Å². The number of hydrogen-bond donors (Lipinski definition) is 0. The van der Waals surface area contributed by atoms with Gasteiger partial charge in [0.1, 0.15) is 5.82 Å². The summed E-state index contributed by atoms with van der Waals surface area (Å²) in [5.74, 6) is -0.553. The number of ketones is 1. The van der Waals surface area contributed by atoms with Crippen LogP contribution in [0.15, 0.2) is 36.5 Å². The van der Waals surface area contributed by atoms with Gasteiger partial charge in [-0.2, -0.15) is 0 Å². The maximum Gasteiger partial charge on any atom is 0.159 e. The van der Waals surface area contributed by atoms with Crippen LogP contribution in [0.25, 0.3) is 11.1 Å². The third-order valence-electron chi connectivity index (χ3n) is 2.62. The van der Waals surface area contributed by atoms with Crippen molar-refractivity contribution in [1.29, 1.82) is 0 Å². The number of pyridine rings is 1. The number of benzene rings is 1. The van der Waals surface area contributed by atoms with E-state index in [1.807, 2.05) is 13.0 Å². The van der Waals surface area contributed by atoms with Crippen molar-refractivity contribution >= 4 is 5.78 Å². The predicted molar refractivity (Wildman–Crippen MR) is 64.4 cm³/mol. The van der Waals surface area contributed by atoms with Gasteiger partial charge in [0.2, 0.25) is 0 Å². The first-order valence-electron chi connectivity index (χ1n) is 5.31. The van der Waals surface area contributed by atoms with Gasteiger partial charge in [0.15, 0.2) is 5.78 Å². The van der Waals surface area contributed by atoms with E-state index in [2.05, 4.69) is 4.98 Å². The standard InChI is InChI=1S/C14H12FNO/c1-9-14(4-3-5-16-9)12-6-11(10(2)17)7-13(15)8-12/h3-8H,1-2H3. The van der Waals surface area contributed by atoms with Gasteiger partial charge in [0.25, 0.3) is 0 Å². The van der Waals surface area contributed by atoms with Crippen LogP contribution < -0.4 is 0 Å². The smallest absolute Gasteiger partial charge is 0.159 e. The highest BCUT2D eigenvalue weighted by Gasteiger charge is 2.08. The molecule has 1 aromatic heterocycles. The summed E-state index contributed by atoms with van der Waals surface area (Å²) in [6, 6.07) is 8.01. The van der Waals surface area contributed by atoms with Gasteiger partial charge in [-0.05, 0) is 43.7 Å². The van der Waals surface area contributed by atoms with Gasteiger partial charge in [0, 0.05) is 23.0 Å². The van der Waals surface area contributed by atoms with Gasteiger partial charge in [-0.15, -0.1) is 0 Å². The average molecular weight is 229 g/mol. The van der Waals surface area contributed by atoms with Crippen molar-refractivity contribution in [3.63, 3.8) is 0 Å². The zero-order valence-corrected chi connectivity index (χ0v) is 9.70. The number of halogens is 1. The molecule has 0 N–H and O–H groups in total. The van der Waals surface area contributed by atoms with Crippen LogP contribution in [0.3, 0.4) is 0 Å². The molecule has 0 aliphatic heterocycles. The maximum atomic E-state index is 13.4. The van der Waals surface area contributed by atoms with Gasteiger partial charge in [0.05, 0.1) is 0 Å². The molecule has 0 fully saturated rings. The lowest BCUT2D eigenvalue weighted by Gasteiger charge is -2.06. The Morgan fingerprint density at radius 1 is 1.29 bits per heavy atom. The summed E-state index contributed by atoms with van der Waals surface area (Å²) in [7, 11) is 0. The molecule has 0 amide bonds. The fourth-order valence-electron chi connectivity index (χ4n) is 1.74. The number of carbonyl (C=O) groups is 1. The zero-order chi connectivity index (χ0) is 12.4. The van der Waals surface area contributed by atoms with E-state index >= 15 is 0 Å². The summed E-state index contributed by atoms with van der Waals surface area (Å²) in [6.07, 6.45) is 1.68. The third-order valence-corrected chi connectivity index (χ3v) is 2.62. The topological polar surface area (TPSA) is 30.0 Å². The first kappa shape index (κ1) is 11.5. The first-order valence-corrected chi connectivity index (χ1v) is 5.31. The molecule has 0 saturated carbocycles.